The van der Waals surface area contributed by atoms with E-state index in [1.165, 1.54) is 47.2 Å². The number of ether oxygens (including phenoxy) is 2. The molecule has 0 aliphatic heterocycles. The van der Waals surface area contributed by atoms with Crippen molar-refractivity contribution in [1.82, 2.24) is 38.7 Å². The Kier molecular flexibility index (Phi) is 6.75. The van der Waals surface area contributed by atoms with Gasteiger partial charge in [0.05, 0.1) is 36.6 Å². The van der Waals surface area contributed by atoms with E-state index in [0.29, 0.717) is 17.5 Å². The van der Waals surface area contributed by atoms with Gasteiger partial charge in [0.1, 0.15) is 15.9 Å². The van der Waals surface area contributed by atoms with Gasteiger partial charge >= 0.3 is 5.82 Å². The summed E-state index contributed by atoms with van der Waals surface area (Å²) >= 11 is 2.92. The monoisotopic (exact) mass is 626 g/mol. The van der Waals surface area contributed by atoms with E-state index in [1.807, 2.05) is 39.4 Å². The smallest absolute Gasteiger partial charge is 0.363 e. The molecule has 8 aromatic rings. The molecule has 0 fully saturated rings. The molecule has 44 heavy (non-hydrogen) atoms. The second-order valence-corrected chi connectivity index (χ2v) is 11.1. The van der Waals surface area contributed by atoms with Gasteiger partial charge in [-0.1, -0.05) is 22.7 Å². The first-order chi connectivity index (χ1) is 21.4. The third-order valence-corrected chi connectivity index (χ3v) is 8.47. The minimum Gasteiger partial charge on any atom is -0.481 e. The minimum absolute atomic E-state index is 0.184. The normalized spacial score (nSPS) is 11.2. The highest BCUT2D eigenvalue weighted by Gasteiger charge is 2.15. The van der Waals surface area contributed by atoms with Gasteiger partial charge in [0.25, 0.3) is 0 Å². The van der Waals surface area contributed by atoms with Crippen molar-refractivity contribution in [2.24, 2.45) is 0 Å². The average molecular weight is 627 g/mol. The number of rotatable bonds is 5. The van der Waals surface area contributed by atoms with Crippen molar-refractivity contribution in [3.05, 3.63) is 89.4 Å². The summed E-state index contributed by atoms with van der Waals surface area (Å²) in [5, 5.41) is 10.7. The highest BCUT2D eigenvalue weighted by atomic mass is 32.1. The van der Waals surface area contributed by atoms with E-state index in [1.54, 1.807) is 32.4 Å². The van der Waals surface area contributed by atoms with Crippen LogP contribution in [0, 0.1) is 16.1 Å². The van der Waals surface area contributed by atoms with Crippen molar-refractivity contribution >= 4 is 59.1 Å². The Labute approximate surface area is 254 Å². The maximum absolute atomic E-state index is 12.9. The van der Waals surface area contributed by atoms with Crippen LogP contribution in [0.15, 0.2) is 73.3 Å². The van der Waals surface area contributed by atoms with Gasteiger partial charge in [0.2, 0.25) is 17.7 Å². The number of hydrogen-bond donors (Lipinski definition) is 0. The molecule has 0 atom stereocenters. The molecule has 0 saturated carbocycles. The lowest BCUT2D eigenvalue weighted by atomic mass is 10.2. The molecular formula is C28H18FN9O4S2. The van der Waals surface area contributed by atoms with Crippen LogP contribution < -0.4 is 9.47 Å². The average Bonchev–Trinajstić information content (AvgIpc) is 3.80. The lowest BCUT2D eigenvalue weighted by molar-refractivity contribution is -0.389. The van der Waals surface area contributed by atoms with Crippen LogP contribution in [-0.4, -0.2) is 57.8 Å². The van der Waals surface area contributed by atoms with E-state index in [0.717, 1.165) is 47.4 Å². The van der Waals surface area contributed by atoms with Gasteiger partial charge < -0.3 is 19.6 Å². The van der Waals surface area contributed by atoms with Crippen LogP contribution in [0.5, 0.6) is 11.8 Å². The van der Waals surface area contributed by atoms with Gasteiger partial charge in [-0.2, -0.15) is 4.39 Å². The van der Waals surface area contributed by atoms with Crippen LogP contribution in [-0.2, 0) is 0 Å². The van der Waals surface area contributed by atoms with E-state index in [-0.39, 0.29) is 5.82 Å². The van der Waals surface area contributed by atoms with Crippen molar-refractivity contribution in [2.75, 3.05) is 14.2 Å². The molecule has 0 N–H and O–H groups in total. The Balaban J connectivity index is 0.000000143. The number of fused-ring (bicyclic) bond motifs is 6. The largest absolute Gasteiger partial charge is 0.481 e. The molecule has 0 bridgehead atoms. The predicted molar refractivity (Wildman–Crippen MR) is 163 cm³/mol. The van der Waals surface area contributed by atoms with Crippen molar-refractivity contribution in [3.8, 4) is 34.3 Å². The molecule has 0 amide bonds. The van der Waals surface area contributed by atoms with Crippen LogP contribution in [0.2, 0.25) is 0 Å². The maximum Gasteiger partial charge on any atom is 0.363 e. The number of hydrogen-bond acceptors (Lipinski definition) is 12. The van der Waals surface area contributed by atoms with Crippen molar-refractivity contribution < 1.29 is 18.8 Å². The lowest BCUT2D eigenvalue weighted by Gasteiger charge is -1.97. The second kappa shape index (κ2) is 10.9. The Morgan fingerprint density at radius 1 is 0.727 bits per heavy atom. The van der Waals surface area contributed by atoms with Crippen LogP contribution >= 0.6 is 22.7 Å². The lowest BCUT2D eigenvalue weighted by Crippen LogP contribution is -1.91. The third kappa shape index (κ3) is 4.91. The molecule has 0 saturated heterocycles. The molecule has 8 aromatic heterocycles. The Morgan fingerprint density at radius 2 is 1.25 bits per heavy atom. The van der Waals surface area contributed by atoms with Crippen LogP contribution in [0.25, 0.3) is 53.1 Å². The van der Waals surface area contributed by atoms with Gasteiger partial charge in [-0.15, -0.1) is 0 Å². The number of methoxy groups -OCH3 is 2. The summed E-state index contributed by atoms with van der Waals surface area (Å²) in [6.45, 7) is 0. The SMILES string of the molecule is COc1ccc2c(n1)sc1nc(-c3ccc([18F])nc3)cn12.COc1ccc2c(n1)sc1nc(-c3ccc([N+](=O)[O-])nc3)cn12. The first-order valence-electron chi connectivity index (χ1n) is 12.8. The van der Waals surface area contributed by atoms with E-state index >= 15 is 0 Å². The number of nitro groups is 1. The van der Waals surface area contributed by atoms with Gasteiger partial charge in [-0.25, -0.2) is 24.9 Å². The fourth-order valence-corrected chi connectivity index (χ4v) is 6.36. The molecular weight excluding hydrogens is 609 g/mol. The minimum atomic E-state index is -0.526. The summed E-state index contributed by atoms with van der Waals surface area (Å²) in [6, 6.07) is 13.5. The molecule has 8 rings (SSSR count). The second-order valence-electron chi connectivity index (χ2n) is 9.15. The van der Waals surface area contributed by atoms with Crippen LogP contribution in [0.1, 0.15) is 0 Å². The van der Waals surface area contributed by atoms with E-state index < -0.39 is 10.9 Å². The number of imidazole rings is 2. The van der Waals surface area contributed by atoms with Crippen LogP contribution in [0.4, 0.5) is 10.2 Å². The molecule has 0 unspecified atom stereocenters. The number of nitrogens with zero attached hydrogens (tertiary/aromatic N) is 9. The molecule has 16 heteroatoms. The highest BCUT2D eigenvalue weighted by Crippen LogP contribution is 2.31. The summed E-state index contributed by atoms with van der Waals surface area (Å²) in [6.07, 6.45) is 6.70. The fourth-order valence-electron chi connectivity index (χ4n) is 4.42. The fraction of sp³-hybridized carbons (Fsp3) is 0.0714. The summed E-state index contributed by atoms with van der Waals surface area (Å²) in [7, 11) is 3.17. The Bertz CT molecular complexity index is 2310. The molecule has 0 aromatic carbocycles. The van der Waals surface area contributed by atoms with E-state index in [4.69, 9.17) is 9.47 Å². The highest BCUT2D eigenvalue weighted by molar-refractivity contribution is 7.23. The molecule has 0 aliphatic rings. The van der Waals surface area contributed by atoms with E-state index in [9.17, 15) is 14.5 Å². The van der Waals surface area contributed by atoms with Crippen molar-refractivity contribution in [1.29, 1.82) is 0 Å². The van der Waals surface area contributed by atoms with Crippen molar-refractivity contribution in [2.45, 2.75) is 0 Å². The standard InChI is InChI=1S/C14H9FN4OS.C14H9N5O3S/c1-20-12-5-3-10-13(18-12)21-14-17-9(7-19(10)14)8-2-4-11(15)16-6-8;1-22-12-5-3-10-13(17-12)23-14-16-9(7-18(10)14)8-2-4-11(15-6-8)19(20)21/h2-7H,1H3;2-7H,1H3/i15-1;. The zero-order chi connectivity index (χ0) is 30.4. The summed E-state index contributed by atoms with van der Waals surface area (Å²) < 4.78 is 27.0. The molecule has 8 heterocycles. The zero-order valence-corrected chi connectivity index (χ0v) is 24.4. The van der Waals surface area contributed by atoms with Crippen LogP contribution in [0.3, 0.4) is 0 Å². The third-order valence-electron chi connectivity index (χ3n) is 6.54. The maximum atomic E-state index is 12.9. The Hall–Kier alpha value is -5.61. The quantitative estimate of drug-likeness (QED) is 0.125. The summed E-state index contributed by atoms with van der Waals surface area (Å²) in [5.74, 6) is 0.454. The van der Waals surface area contributed by atoms with Gasteiger partial charge in [0.15, 0.2) is 9.92 Å². The summed E-state index contributed by atoms with van der Waals surface area (Å²) in [5.41, 5.74) is 4.86. The number of pyridine rings is 4. The first kappa shape index (κ1) is 27.2. The predicted octanol–water partition coefficient (Wildman–Crippen LogP) is 6.08. The number of thiazole rings is 2. The number of halogens is 1. The summed E-state index contributed by atoms with van der Waals surface area (Å²) in [4.78, 5) is 38.8. The van der Waals surface area contributed by atoms with Gasteiger partial charge in [-0.05, 0) is 40.2 Å². The Morgan fingerprint density at radius 3 is 1.68 bits per heavy atom. The zero-order valence-electron chi connectivity index (χ0n) is 22.8. The molecule has 0 aliphatic carbocycles. The molecule has 0 radical (unpaired) electrons. The number of aromatic nitrogens is 8. The van der Waals surface area contributed by atoms with Gasteiger partial charge in [-0.3, -0.25) is 8.80 Å². The molecule has 13 nitrogen and oxygen atoms in total. The topological polar surface area (TPSA) is 148 Å². The molecule has 218 valence electrons. The van der Waals surface area contributed by atoms with Crippen molar-refractivity contribution in [3.63, 3.8) is 0 Å². The van der Waals surface area contributed by atoms with Gasteiger partial charge in [0, 0.05) is 47.9 Å². The molecule has 0 spiro atoms. The first-order valence-corrected chi connectivity index (χ1v) is 14.4. The van der Waals surface area contributed by atoms with E-state index in [2.05, 4.69) is 29.9 Å².